The van der Waals surface area contributed by atoms with Crippen molar-refractivity contribution in [3.8, 4) is 0 Å². The lowest BCUT2D eigenvalue weighted by molar-refractivity contribution is 0.0928. The molecule has 0 bridgehead atoms. The van der Waals surface area contributed by atoms with E-state index in [1.807, 2.05) is 0 Å². The summed E-state index contributed by atoms with van der Waals surface area (Å²) in [6, 6.07) is 1.59. The van der Waals surface area contributed by atoms with Crippen LogP contribution in [0.1, 0.15) is 10.5 Å². The number of carbonyl (C=O) groups is 1. The zero-order valence-electron chi connectivity index (χ0n) is 13.3. The predicted molar refractivity (Wildman–Crippen MR) is 98.4 cm³/mol. The Morgan fingerprint density at radius 3 is 2.88 bits per heavy atom. The first kappa shape index (κ1) is 20.1. The van der Waals surface area contributed by atoms with Gasteiger partial charge in [-0.25, -0.2) is 0 Å². The monoisotopic (exact) mass is 448 g/mol. The highest BCUT2D eigenvalue weighted by Gasteiger charge is 2.18. The number of nitrogens with one attached hydrogen (secondary N) is 3. The van der Waals surface area contributed by atoms with Crippen LogP contribution in [-0.4, -0.2) is 65.7 Å². The van der Waals surface area contributed by atoms with Crippen molar-refractivity contribution in [2.75, 3.05) is 18.8 Å². The number of aliphatic imine (C=N–C) groups is 2. The quantitative estimate of drug-likeness (QED) is 0.287. The standard InChI is InChI=1S/C13H17BrN6O5S/c14-7-3-10(17-5-7)12(22)18-6-8(21)4-9-11(20-13(15)19-9)16-1-2-26(23,24)25/h3-5,8,17,21H,1-2,6H2,(H,18,22)(H,23,24,25)(H3,15,16,19,20). The molecule has 1 unspecified atom stereocenters. The summed E-state index contributed by atoms with van der Waals surface area (Å²) in [5, 5.41) is 15.2. The number of aliphatic hydroxyl groups is 1. The summed E-state index contributed by atoms with van der Waals surface area (Å²) < 4.78 is 30.8. The van der Waals surface area contributed by atoms with E-state index in [4.69, 9.17) is 10.3 Å². The fourth-order valence-electron chi connectivity index (χ4n) is 1.94. The van der Waals surface area contributed by atoms with E-state index >= 15 is 0 Å². The molecule has 0 radical (unpaired) electrons. The molecule has 1 aromatic rings. The zero-order chi connectivity index (χ0) is 19.3. The number of amidine groups is 1. The van der Waals surface area contributed by atoms with Gasteiger partial charge in [0.15, 0.2) is 11.8 Å². The molecule has 2 rings (SSSR count). The van der Waals surface area contributed by atoms with Gasteiger partial charge in [-0.1, -0.05) is 0 Å². The highest BCUT2D eigenvalue weighted by Crippen LogP contribution is 2.10. The maximum atomic E-state index is 11.9. The van der Waals surface area contributed by atoms with Crippen LogP contribution in [-0.2, 0) is 10.1 Å². The van der Waals surface area contributed by atoms with Gasteiger partial charge in [-0.2, -0.15) is 13.4 Å². The second-order valence-electron chi connectivity index (χ2n) is 5.20. The van der Waals surface area contributed by atoms with E-state index in [9.17, 15) is 18.3 Å². The number of rotatable bonds is 7. The molecular weight excluding hydrogens is 432 g/mol. The average molecular weight is 449 g/mol. The van der Waals surface area contributed by atoms with Crippen molar-refractivity contribution < 1.29 is 22.9 Å². The van der Waals surface area contributed by atoms with Crippen molar-refractivity contribution in [2.24, 2.45) is 15.7 Å². The molecule has 0 saturated carbocycles. The van der Waals surface area contributed by atoms with Crippen LogP contribution in [0, 0.1) is 0 Å². The molecule has 1 amide bonds. The fraction of sp³-hybridized carbons (Fsp3) is 0.308. The molecular formula is C13H17BrN6O5S. The molecule has 7 N–H and O–H groups in total. The number of halogens is 1. The Balaban J connectivity index is 1.95. The van der Waals surface area contributed by atoms with Crippen LogP contribution in [0.3, 0.4) is 0 Å². The third kappa shape index (κ3) is 6.25. The minimum Gasteiger partial charge on any atom is -0.387 e. The smallest absolute Gasteiger partial charge is 0.267 e. The highest BCUT2D eigenvalue weighted by molar-refractivity contribution is 9.10. The molecule has 1 atom stereocenters. The minimum absolute atomic E-state index is 0.0225. The van der Waals surface area contributed by atoms with Gasteiger partial charge in [0.25, 0.3) is 16.0 Å². The van der Waals surface area contributed by atoms with Gasteiger partial charge in [0, 0.05) is 17.2 Å². The van der Waals surface area contributed by atoms with Crippen LogP contribution >= 0.6 is 15.9 Å². The van der Waals surface area contributed by atoms with E-state index in [2.05, 4.69) is 41.5 Å². The molecule has 0 fully saturated rings. The number of amides is 1. The maximum absolute atomic E-state index is 11.9. The Morgan fingerprint density at radius 1 is 1.54 bits per heavy atom. The topological polar surface area (TPSA) is 182 Å². The van der Waals surface area contributed by atoms with Gasteiger partial charge in [0.2, 0.25) is 0 Å². The first-order chi connectivity index (χ1) is 12.1. The third-order valence-electron chi connectivity index (χ3n) is 3.06. The second-order valence-corrected chi connectivity index (χ2v) is 7.69. The van der Waals surface area contributed by atoms with Crippen LogP contribution in [0.2, 0.25) is 0 Å². The van der Waals surface area contributed by atoms with Crippen LogP contribution in [0.15, 0.2) is 38.5 Å². The lowest BCUT2D eigenvalue weighted by Crippen LogP contribution is -2.33. The van der Waals surface area contributed by atoms with Crippen molar-refractivity contribution in [2.45, 2.75) is 6.10 Å². The summed E-state index contributed by atoms with van der Waals surface area (Å²) in [7, 11) is -4.14. The minimum atomic E-state index is -4.14. The van der Waals surface area contributed by atoms with Gasteiger partial charge >= 0.3 is 0 Å². The van der Waals surface area contributed by atoms with Crippen molar-refractivity contribution in [1.82, 2.24) is 15.6 Å². The summed E-state index contributed by atoms with van der Waals surface area (Å²) in [6.45, 7) is -0.308. The zero-order valence-corrected chi connectivity index (χ0v) is 15.7. The number of aromatic amines is 1. The number of nitrogens with zero attached hydrogens (tertiary/aromatic N) is 2. The number of H-pyrrole nitrogens is 1. The molecule has 1 aliphatic rings. The van der Waals surface area contributed by atoms with Gasteiger partial charge in [-0.3, -0.25) is 14.3 Å². The molecule has 1 aliphatic heterocycles. The Morgan fingerprint density at radius 2 is 2.27 bits per heavy atom. The summed E-state index contributed by atoms with van der Waals surface area (Å²) in [6.07, 6.45) is 1.86. The van der Waals surface area contributed by atoms with Crippen molar-refractivity contribution in [1.29, 1.82) is 0 Å². The van der Waals surface area contributed by atoms with Crippen molar-refractivity contribution in [3.05, 3.63) is 34.2 Å². The summed E-state index contributed by atoms with van der Waals surface area (Å²) in [5.74, 6) is -0.853. The Kier molecular flexibility index (Phi) is 6.52. The molecule has 2 heterocycles. The van der Waals surface area contributed by atoms with Gasteiger partial charge in [-0.05, 0) is 28.1 Å². The van der Waals surface area contributed by atoms with E-state index in [-0.39, 0.29) is 30.6 Å². The average Bonchev–Trinajstić information content (AvgIpc) is 3.10. The summed E-state index contributed by atoms with van der Waals surface area (Å²) in [4.78, 5) is 22.4. The van der Waals surface area contributed by atoms with E-state index in [0.717, 1.165) is 4.47 Å². The molecule has 13 heteroatoms. The molecule has 1 aromatic heterocycles. The first-order valence-electron chi connectivity index (χ1n) is 7.27. The fourth-order valence-corrected chi connectivity index (χ4v) is 2.61. The van der Waals surface area contributed by atoms with Crippen molar-refractivity contribution in [3.63, 3.8) is 0 Å². The number of nitrogens with two attached hydrogens (primary N) is 1. The lowest BCUT2D eigenvalue weighted by Gasteiger charge is -2.09. The van der Waals surface area contributed by atoms with Gasteiger partial charge in [-0.15, -0.1) is 0 Å². The first-order valence-corrected chi connectivity index (χ1v) is 9.67. The number of guanidine groups is 1. The van der Waals surface area contributed by atoms with Crippen LogP contribution in [0.25, 0.3) is 0 Å². The van der Waals surface area contributed by atoms with Crippen LogP contribution in [0.5, 0.6) is 0 Å². The number of aromatic nitrogens is 1. The molecule has 0 spiro atoms. The van der Waals surface area contributed by atoms with Crippen molar-refractivity contribution >= 4 is 43.8 Å². The Hall–Kier alpha value is -2.22. The highest BCUT2D eigenvalue weighted by atomic mass is 79.9. The van der Waals surface area contributed by atoms with E-state index < -0.39 is 27.9 Å². The molecule has 0 saturated heterocycles. The molecule has 11 nitrogen and oxygen atoms in total. The van der Waals surface area contributed by atoms with Crippen LogP contribution in [0.4, 0.5) is 0 Å². The molecule has 142 valence electrons. The van der Waals surface area contributed by atoms with Gasteiger partial charge < -0.3 is 26.5 Å². The van der Waals surface area contributed by atoms with Crippen LogP contribution < -0.4 is 16.4 Å². The Labute approximate surface area is 157 Å². The summed E-state index contributed by atoms with van der Waals surface area (Å²) in [5.41, 5.74) is 6.13. The second kappa shape index (κ2) is 8.44. The Bertz CT molecular complexity index is 875. The maximum Gasteiger partial charge on any atom is 0.267 e. The number of hydrogen-bond donors (Lipinski definition) is 6. The number of aliphatic hydroxyl groups excluding tert-OH is 1. The normalized spacial score (nSPS) is 18.7. The summed E-state index contributed by atoms with van der Waals surface area (Å²) >= 11 is 3.21. The third-order valence-corrected chi connectivity index (χ3v) is 4.22. The SMILES string of the molecule is NC1=NC(=NCCS(=O)(=O)O)C(=CC(O)CNC(=O)c2cc(Br)c[nH]2)N1. The van der Waals surface area contributed by atoms with Gasteiger partial charge in [0.1, 0.15) is 5.69 Å². The number of hydrogen-bond acceptors (Lipinski definition) is 7. The van der Waals surface area contributed by atoms with E-state index in [0.29, 0.717) is 5.69 Å². The van der Waals surface area contributed by atoms with E-state index in [1.165, 1.54) is 6.08 Å². The number of carbonyl (C=O) groups excluding carboxylic acids is 1. The van der Waals surface area contributed by atoms with E-state index in [1.54, 1.807) is 12.3 Å². The molecule has 0 aliphatic carbocycles. The molecule has 0 aromatic carbocycles. The molecule has 26 heavy (non-hydrogen) atoms. The predicted octanol–water partition coefficient (Wildman–Crippen LogP) is -1.04. The largest absolute Gasteiger partial charge is 0.387 e. The van der Waals surface area contributed by atoms with Gasteiger partial charge in [0.05, 0.1) is 24.1 Å². The lowest BCUT2D eigenvalue weighted by atomic mass is 10.2.